The van der Waals surface area contributed by atoms with Crippen LogP contribution >= 0.6 is 0 Å². The molecule has 0 heterocycles. The summed E-state index contributed by atoms with van der Waals surface area (Å²) in [7, 11) is 1.36. The minimum atomic E-state index is -0.539. The topological polar surface area (TPSA) is 38.3 Å². The average molecular weight is 287 g/mol. The van der Waals surface area contributed by atoms with Crippen molar-refractivity contribution in [1.29, 1.82) is 0 Å². The van der Waals surface area contributed by atoms with Crippen molar-refractivity contribution < 1.29 is 13.9 Å². The van der Waals surface area contributed by atoms with E-state index >= 15 is 0 Å². The molecule has 2 aromatic carbocycles. The minimum Gasteiger partial charge on any atom is -0.467 e. The number of benzene rings is 2. The van der Waals surface area contributed by atoms with E-state index in [1.807, 2.05) is 37.3 Å². The maximum Gasteiger partial charge on any atom is 0.328 e. The molecule has 2 atom stereocenters. The summed E-state index contributed by atoms with van der Waals surface area (Å²) in [6.07, 6.45) is 0. The number of carbonyl (C=O) groups excluding carboxylic acids is 1. The Bertz CT molecular complexity index is 583. The van der Waals surface area contributed by atoms with E-state index in [2.05, 4.69) is 5.32 Å². The van der Waals surface area contributed by atoms with Crippen LogP contribution in [0.1, 0.15) is 18.4 Å². The van der Waals surface area contributed by atoms with E-state index in [4.69, 9.17) is 4.74 Å². The fraction of sp³-hybridized carbons (Fsp3) is 0.235. The van der Waals surface area contributed by atoms with Crippen molar-refractivity contribution >= 4 is 11.7 Å². The molecule has 3 nitrogen and oxygen atoms in total. The Morgan fingerprint density at radius 1 is 1.10 bits per heavy atom. The van der Waals surface area contributed by atoms with Crippen LogP contribution in [0.15, 0.2) is 54.6 Å². The zero-order valence-electron chi connectivity index (χ0n) is 12.0. The normalized spacial score (nSPS) is 13.3. The van der Waals surface area contributed by atoms with Gasteiger partial charge in [0.15, 0.2) is 0 Å². The Labute approximate surface area is 123 Å². The molecule has 2 unspecified atom stereocenters. The molecule has 0 saturated heterocycles. The number of anilines is 1. The number of halogens is 1. The monoisotopic (exact) mass is 287 g/mol. The number of rotatable bonds is 5. The van der Waals surface area contributed by atoms with Gasteiger partial charge in [0.2, 0.25) is 0 Å². The van der Waals surface area contributed by atoms with Crippen LogP contribution in [0.2, 0.25) is 0 Å². The first-order valence-electron chi connectivity index (χ1n) is 6.76. The maximum absolute atomic E-state index is 13.0. The largest absolute Gasteiger partial charge is 0.467 e. The molecule has 110 valence electrons. The van der Waals surface area contributed by atoms with Gasteiger partial charge in [-0.3, -0.25) is 0 Å². The molecule has 2 rings (SSSR count). The van der Waals surface area contributed by atoms with Gasteiger partial charge in [-0.1, -0.05) is 37.3 Å². The third kappa shape index (κ3) is 3.81. The van der Waals surface area contributed by atoms with Gasteiger partial charge in [0.05, 0.1) is 7.11 Å². The van der Waals surface area contributed by atoms with Crippen molar-refractivity contribution in [2.45, 2.75) is 18.9 Å². The van der Waals surface area contributed by atoms with Crippen LogP contribution < -0.4 is 5.32 Å². The Kier molecular flexibility index (Phi) is 4.93. The predicted octanol–water partition coefficient (Wildman–Crippen LogP) is 3.58. The molecule has 0 aromatic heterocycles. The molecule has 0 spiro atoms. The fourth-order valence-electron chi connectivity index (χ4n) is 2.19. The molecule has 0 amide bonds. The number of nitrogens with one attached hydrogen (secondary N) is 1. The molecule has 0 fully saturated rings. The van der Waals surface area contributed by atoms with Crippen molar-refractivity contribution in [1.82, 2.24) is 0 Å². The second kappa shape index (κ2) is 6.88. The molecular formula is C17H18FNO2. The summed E-state index contributed by atoms with van der Waals surface area (Å²) in [6, 6.07) is 15.1. The van der Waals surface area contributed by atoms with Crippen LogP contribution in [0.5, 0.6) is 0 Å². The van der Waals surface area contributed by atoms with Gasteiger partial charge in [-0.2, -0.15) is 0 Å². The van der Waals surface area contributed by atoms with Crippen molar-refractivity contribution in [3.8, 4) is 0 Å². The first-order valence-corrected chi connectivity index (χ1v) is 6.76. The van der Waals surface area contributed by atoms with E-state index in [1.165, 1.54) is 19.2 Å². The van der Waals surface area contributed by atoms with Gasteiger partial charge in [0.1, 0.15) is 11.9 Å². The fourth-order valence-corrected chi connectivity index (χ4v) is 2.19. The Balaban J connectivity index is 2.22. The number of carbonyl (C=O) groups is 1. The highest BCUT2D eigenvalue weighted by Crippen LogP contribution is 2.23. The Hall–Kier alpha value is -2.36. The molecule has 0 aliphatic carbocycles. The second-order valence-electron chi connectivity index (χ2n) is 4.85. The van der Waals surface area contributed by atoms with Crippen molar-refractivity contribution in [2.75, 3.05) is 12.4 Å². The van der Waals surface area contributed by atoms with Crippen LogP contribution in [0, 0.1) is 5.82 Å². The third-order valence-corrected chi connectivity index (χ3v) is 3.45. The van der Waals surface area contributed by atoms with E-state index < -0.39 is 6.04 Å². The summed E-state index contributed by atoms with van der Waals surface area (Å²) in [5.41, 5.74) is 1.71. The molecule has 0 bridgehead atoms. The summed E-state index contributed by atoms with van der Waals surface area (Å²) in [6.45, 7) is 1.95. The third-order valence-electron chi connectivity index (χ3n) is 3.45. The lowest BCUT2D eigenvalue weighted by molar-refractivity contribution is -0.142. The van der Waals surface area contributed by atoms with E-state index in [0.29, 0.717) is 5.69 Å². The highest BCUT2D eigenvalue weighted by Gasteiger charge is 2.27. The van der Waals surface area contributed by atoms with E-state index in [9.17, 15) is 9.18 Å². The van der Waals surface area contributed by atoms with Crippen LogP contribution in [0.25, 0.3) is 0 Å². The van der Waals surface area contributed by atoms with E-state index in [-0.39, 0.29) is 17.7 Å². The molecular weight excluding hydrogens is 269 g/mol. The van der Waals surface area contributed by atoms with Gasteiger partial charge in [-0.25, -0.2) is 9.18 Å². The zero-order valence-corrected chi connectivity index (χ0v) is 12.0. The van der Waals surface area contributed by atoms with Crippen LogP contribution in [-0.4, -0.2) is 19.1 Å². The predicted molar refractivity (Wildman–Crippen MR) is 80.7 cm³/mol. The van der Waals surface area contributed by atoms with Gasteiger partial charge in [-0.15, -0.1) is 0 Å². The van der Waals surface area contributed by atoms with Crippen molar-refractivity contribution in [3.05, 3.63) is 66.0 Å². The standard InChI is InChI=1S/C17H18FNO2/c1-12(13-6-4-3-5-7-13)16(17(20)21-2)19-15-10-8-14(18)9-11-15/h3-12,16,19H,1-2H3. The van der Waals surface area contributed by atoms with E-state index in [0.717, 1.165) is 5.56 Å². The van der Waals surface area contributed by atoms with Gasteiger partial charge < -0.3 is 10.1 Å². The van der Waals surface area contributed by atoms with Crippen molar-refractivity contribution in [3.63, 3.8) is 0 Å². The minimum absolute atomic E-state index is 0.0799. The molecule has 2 aromatic rings. The number of ether oxygens (including phenoxy) is 1. The lowest BCUT2D eigenvalue weighted by atomic mass is 9.93. The molecule has 0 radical (unpaired) electrons. The van der Waals surface area contributed by atoms with Crippen molar-refractivity contribution in [2.24, 2.45) is 0 Å². The molecule has 0 aliphatic rings. The average Bonchev–Trinajstić information content (AvgIpc) is 2.54. The smallest absolute Gasteiger partial charge is 0.328 e. The lowest BCUT2D eigenvalue weighted by Gasteiger charge is -2.24. The Morgan fingerprint density at radius 2 is 1.71 bits per heavy atom. The van der Waals surface area contributed by atoms with Gasteiger partial charge in [-0.05, 0) is 29.8 Å². The number of methoxy groups -OCH3 is 1. The van der Waals surface area contributed by atoms with Crippen LogP contribution in [-0.2, 0) is 9.53 Å². The highest BCUT2D eigenvalue weighted by molar-refractivity contribution is 5.80. The lowest BCUT2D eigenvalue weighted by Crippen LogP contribution is -2.35. The number of hydrogen-bond donors (Lipinski definition) is 1. The summed E-state index contributed by atoms with van der Waals surface area (Å²) in [5.74, 6) is -0.745. The maximum atomic E-state index is 13.0. The van der Waals surface area contributed by atoms with Crippen LogP contribution in [0.3, 0.4) is 0 Å². The molecule has 0 aliphatic heterocycles. The first kappa shape index (κ1) is 15.0. The highest BCUT2D eigenvalue weighted by atomic mass is 19.1. The quantitative estimate of drug-likeness (QED) is 0.854. The SMILES string of the molecule is COC(=O)C(Nc1ccc(F)cc1)C(C)c1ccccc1. The van der Waals surface area contributed by atoms with Crippen LogP contribution in [0.4, 0.5) is 10.1 Å². The first-order chi connectivity index (χ1) is 10.1. The summed E-state index contributed by atoms with van der Waals surface area (Å²) < 4.78 is 17.8. The Morgan fingerprint density at radius 3 is 2.29 bits per heavy atom. The van der Waals surface area contributed by atoms with E-state index in [1.54, 1.807) is 12.1 Å². The summed E-state index contributed by atoms with van der Waals surface area (Å²) >= 11 is 0. The number of esters is 1. The van der Waals surface area contributed by atoms with Gasteiger partial charge >= 0.3 is 5.97 Å². The van der Waals surface area contributed by atoms with Gasteiger partial charge in [0.25, 0.3) is 0 Å². The summed E-state index contributed by atoms with van der Waals surface area (Å²) in [4.78, 5) is 12.0. The second-order valence-corrected chi connectivity index (χ2v) is 4.85. The molecule has 4 heteroatoms. The number of hydrogen-bond acceptors (Lipinski definition) is 3. The zero-order chi connectivity index (χ0) is 15.2. The molecule has 1 N–H and O–H groups in total. The summed E-state index contributed by atoms with van der Waals surface area (Å²) in [5, 5.41) is 3.11. The molecule has 0 saturated carbocycles. The van der Waals surface area contributed by atoms with Gasteiger partial charge in [0, 0.05) is 11.6 Å². The molecule has 21 heavy (non-hydrogen) atoms.